The monoisotopic (exact) mass is 386 g/mol. The summed E-state index contributed by atoms with van der Waals surface area (Å²) in [4.78, 5) is 51.0. The number of nitrogens with one attached hydrogen (secondary N) is 1. The highest BCUT2D eigenvalue weighted by Crippen LogP contribution is 2.34. The van der Waals surface area contributed by atoms with Crippen LogP contribution in [0.4, 0.5) is 0 Å². The molecule has 1 atom stereocenters. The summed E-state index contributed by atoms with van der Waals surface area (Å²) in [6, 6.07) is 3.76. The Morgan fingerprint density at radius 1 is 1.32 bits per heavy atom. The molecular weight excluding hydrogens is 360 g/mol. The molecule has 1 N–H and O–H groups in total. The first-order valence-corrected chi connectivity index (χ1v) is 9.37. The van der Waals surface area contributed by atoms with Gasteiger partial charge < -0.3 is 10.1 Å². The molecule has 2 heterocycles. The number of hydrogen-bond acceptors (Lipinski definition) is 5. The fraction of sp³-hybridized carbons (Fsp3) is 0.429. The topological polar surface area (TPSA) is 92.8 Å². The second-order valence-electron chi connectivity index (χ2n) is 6.94. The quantitative estimate of drug-likeness (QED) is 0.548. The number of piperidine rings is 1. The van der Waals surface area contributed by atoms with Crippen LogP contribution in [0.1, 0.15) is 67.5 Å². The maximum Gasteiger partial charge on any atom is 0.266 e. The van der Waals surface area contributed by atoms with E-state index in [1.54, 1.807) is 12.1 Å². The number of fused-ring (bicyclic) bond motifs is 1. The zero-order chi connectivity index (χ0) is 21.0. The summed E-state index contributed by atoms with van der Waals surface area (Å²) >= 11 is 0. The maximum atomic E-state index is 13.0. The van der Waals surface area contributed by atoms with E-state index in [0.29, 0.717) is 38.3 Å². The smallest absolute Gasteiger partial charge is 0.266 e. The summed E-state index contributed by atoms with van der Waals surface area (Å²) in [7, 11) is 0. The van der Waals surface area contributed by atoms with Crippen molar-refractivity contribution < 1.29 is 25.3 Å². The number of rotatable bonds is 8. The summed E-state index contributed by atoms with van der Waals surface area (Å²) in [5.74, 6) is -1.49. The van der Waals surface area contributed by atoms with E-state index in [4.69, 9.17) is 6.11 Å². The molecule has 1 saturated heterocycles. The van der Waals surface area contributed by atoms with Crippen molar-refractivity contribution in [3.8, 4) is 5.75 Å². The third kappa shape index (κ3) is 3.83. The van der Waals surface area contributed by atoms with Crippen LogP contribution in [0, 0.1) is 0 Å². The highest BCUT2D eigenvalue weighted by molar-refractivity contribution is 6.24. The Morgan fingerprint density at radius 2 is 2.14 bits per heavy atom. The normalized spacial score (nSPS) is 19.4. The standard InChI is InChI=1S/C21H24N2O5/c1-3-4-5-7-14(24)12-28-17-9-6-8-15-18(17)21(27)23(20(15)26)16-11-10-13(2)22-19(16)25/h6,8-9,16H,2-5,7,10-12H2,1H3,(H,22,25)/i1T. The molecule has 28 heavy (non-hydrogen) atoms. The molecular formula is C21H24N2O5. The lowest BCUT2D eigenvalue weighted by Crippen LogP contribution is -2.51. The van der Waals surface area contributed by atoms with Crippen molar-refractivity contribution in [1.82, 2.24) is 10.2 Å². The summed E-state index contributed by atoms with van der Waals surface area (Å²) in [5.41, 5.74) is 0.831. The first-order valence-electron chi connectivity index (χ1n) is 10.1. The number of imide groups is 1. The van der Waals surface area contributed by atoms with Gasteiger partial charge in [0.05, 0.1) is 11.1 Å². The molecule has 0 saturated carbocycles. The molecule has 0 spiro atoms. The van der Waals surface area contributed by atoms with Gasteiger partial charge in [-0.1, -0.05) is 32.4 Å². The Morgan fingerprint density at radius 3 is 2.89 bits per heavy atom. The molecule has 1 fully saturated rings. The second-order valence-corrected chi connectivity index (χ2v) is 6.94. The number of carbonyl (C=O) groups is 4. The third-order valence-corrected chi connectivity index (χ3v) is 4.89. The minimum Gasteiger partial charge on any atom is -0.485 e. The van der Waals surface area contributed by atoms with Crippen molar-refractivity contribution in [3.05, 3.63) is 41.6 Å². The van der Waals surface area contributed by atoms with E-state index in [1.165, 1.54) is 6.07 Å². The minimum absolute atomic E-state index is 0.0942. The van der Waals surface area contributed by atoms with Crippen LogP contribution in [0.25, 0.3) is 0 Å². The number of nitrogens with zero attached hydrogens (tertiary/aromatic N) is 1. The fourth-order valence-corrected chi connectivity index (χ4v) is 3.41. The highest BCUT2D eigenvalue weighted by Gasteiger charge is 2.45. The Balaban J connectivity index is 1.71. The van der Waals surface area contributed by atoms with Gasteiger partial charge in [0, 0.05) is 13.5 Å². The molecule has 0 radical (unpaired) electrons. The van der Waals surface area contributed by atoms with Gasteiger partial charge in [-0.05, 0) is 31.4 Å². The molecule has 1 unspecified atom stereocenters. The van der Waals surface area contributed by atoms with Gasteiger partial charge in [0.2, 0.25) is 5.91 Å². The summed E-state index contributed by atoms with van der Waals surface area (Å²) < 4.78 is 12.7. The van der Waals surface area contributed by atoms with E-state index < -0.39 is 23.8 Å². The summed E-state index contributed by atoms with van der Waals surface area (Å²) in [6.45, 7) is 3.86. The van der Waals surface area contributed by atoms with Crippen molar-refractivity contribution >= 4 is 23.5 Å². The van der Waals surface area contributed by atoms with E-state index in [0.717, 1.165) is 17.7 Å². The van der Waals surface area contributed by atoms with Crippen LogP contribution in [0.2, 0.25) is 0 Å². The maximum absolute atomic E-state index is 13.0. The van der Waals surface area contributed by atoms with E-state index in [9.17, 15) is 19.2 Å². The van der Waals surface area contributed by atoms with Crippen molar-refractivity contribution in [2.75, 3.05) is 6.61 Å². The van der Waals surface area contributed by atoms with Gasteiger partial charge in [0.15, 0.2) is 5.78 Å². The first kappa shape index (κ1) is 18.4. The number of carbonyl (C=O) groups excluding carboxylic acids is 4. The molecule has 2 aliphatic heterocycles. The zero-order valence-corrected chi connectivity index (χ0v) is 15.7. The molecule has 3 rings (SSSR count). The first-order chi connectivity index (χ1) is 13.9. The molecule has 0 aromatic heterocycles. The van der Waals surface area contributed by atoms with Gasteiger partial charge in [-0.2, -0.15) is 0 Å². The van der Waals surface area contributed by atoms with E-state index in [-0.39, 0.29) is 29.3 Å². The van der Waals surface area contributed by atoms with Gasteiger partial charge in [-0.3, -0.25) is 24.1 Å². The van der Waals surface area contributed by atoms with E-state index in [1.807, 2.05) is 0 Å². The van der Waals surface area contributed by atoms with Crippen molar-refractivity contribution in [2.45, 2.75) is 51.5 Å². The number of allylic oxidation sites excluding steroid dienone is 1. The molecule has 7 nitrogen and oxygen atoms in total. The van der Waals surface area contributed by atoms with Crippen LogP contribution in [0.3, 0.4) is 0 Å². The Bertz CT molecular complexity index is 867. The Labute approximate surface area is 165 Å². The predicted octanol–water partition coefficient (Wildman–Crippen LogP) is 2.60. The number of benzene rings is 1. The minimum atomic E-state index is -0.889. The van der Waals surface area contributed by atoms with Crippen LogP contribution in [0.15, 0.2) is 30.5 Å². The summed E-state index contributed by atoms with van der Waals surface area (Å²) in [6.07, 6.45) is 3.43. The lowest BCUT2D eigenvalue weighted by Gasteiger charge is -2.29. The summed E-state index contributed by atoms with van der Waals surface area (Å²) in [5, 5.41) is 2.59. The van der Waals surface area contributed by atoms with Crippen LogP contribution >= 0.6 is 0 Å². The van der Waals surface area contributed by atoms with Crippen LogP contribution in [-0.4, -0.2) is 41.1 Å². The van der Waals surface area contributed by atoms with Crippen LogP contribution < -0.4 is 10.1 Å². The third-order valence-electron chi connectivity index (χ3n) is 4.89. The largest absolute Gasteiger partial charge is 0.485 e. The van der Waals surface area contributed by atoms with Gasteiger partial charge in [-0.15, -0.1) is 0 Å². The van der Waals surface area contributed by atoms with E-state index >= 15 is 0 Å². The average molecular weight is 386 g/mol. The second kappa shape index (κ2) is 8.37. The fourth-order valence-electron chi connectivity index (χ4n) is 3.41. The van der Waals surface area contributed by atoms with Gasteiger partial charge in [0.1, 0.15) is 18.4 Å². The van der Waals surface area contributed by atoms with Crippen molar-refractivity contribution in [1.29, 1.82) is 0 Å². The predicted molar refractivity (Wildman–Crippen MR) is 102 cm³/mol. The van der Waals surface area contributed by atoms with E-state index in [2.05, 4.69) is 11.9 Å². The molecule has 7 heteroatoms. The number of amides is 3. The van der Waals surface area contributed by atoms with Crippen molar-refractivity contribution in [2.24, 2.45) is 0 Å². The van der Waals surface area contributed by atoms with Gasteiger partial charge in [-0.25, -0.2) is 0 Å². The Hall–Kier alpha value is -2.96. The molecule has 0 aliphatic carbocycles. The Kier molecular flexibility index (Phi) is 5.50. The average Bonchev–Trinajstić information content (AvgIpc) is 2.95. The van der Waals surface area contributed by atoms with Gasteiger partial charge in [0.25, 0.3) is 11.8 Å². The molecule has 0 bridgehead atoms. The van der Waals surface area contributed by atoms with Crippen molar-refractivity contribution in [3.63, 3.8) is 0 Å². The molecule has 1 aromatic carbocycles. The highest BCUT2D eigenvalue weighted by atomic mass is 16.5. The lowest BCUT2D eigenvalue weighted by atomic mass is 10.0. The zero-order valence-electron chi connectivity index (χ0n) is 16.7. The SMILES string of the molecule is [3H]CCCCCC(=O)COc1cccc2c1C(=O)N(C1CCC(=C)NC1=O)C2=O. The number of unbranched alkanes of at least 4 members (excludes halogenated alkanes) is 2. The molecule has 3 amide bonds. The number of ether oxygens (including phenoxy) is 1. The number of ketones is 1. The van der Waals surface area contributed by atoms with Crippen LogP contribution in [-0.2, 0) is 9.59 Å². The number of Topliss-reactive ketones (excluding diaryl/α,β-unsaturated/α-hetero) is 1. The van der Waals surface area contributed by atoms with Gasteiger partial charge >= 0.3 is 0 Å². The molecule has 2 aliphatic rings. The number of hydrogen-bond donors (Lipinski definition) is 1. The molecule has 148 valence electrons. The lowest BCUT2D eigenvalue weighted by molar-refractivity contribution is -0.125. The van der Waals surface area contributed by atoms with Crippen LogP contribution in [0.5, 0.6) is 5.75 Å². The molecule has 1 aromatic rings.